The number of amides is 1. The van der Waals surface area contributed by atoms with Crippen LogP contribution in [0.1, 0.15) is 21.6 Å². The van der Waals surface area contributed by atoms with Crippen LogP contribution < -0.4 is 5.32 Å². The molecule has 11 heteroatoms. The van der Waals surface area contributed by atoms with Crippen molar-refractivity contribution in [3.63, 3.8) is 0 Å². The van der Waals surface area contributed by atoms with Crippen LogP contribution in [0.4, 0.5) is 32.2 Å². The summed E-state index contributed by atoms with van der Waals surface area (Å²) in [5, 5.41) is 5.92. The Morgan fingerprint density at radius 2 is 1.57 bits per heavy atom. The minimum atomic E-state index is -4.60. The van der Waals surface area contributed by atoms with Gasteiger partial charge in [0, 0.05) is 11.8 Å². The first-order chi connectivity index (χ1) is 13.1. The van der Waals surface area contributed by atoms with Gasteiger partial charge in [0.2, 0.25) is 0 Å². The lowest BCUT2D eigenvalue weighted by Crippen LogP contribution is -2.15. The zero-order chi connectivity index (χ0) is 20.5. The van der Waals surface area contributed by atoms with E-state index in [1.807, 2.05) is 0 Å². The number of hydrogen-bond acceptors (Lipinski definition) is 3. The Morgan fingerprint density at radius 1 is 0.893 bits per heavy atom. The standard InChI is InChI=1S/C17H10F6N4O/c18-16(19,20)11-3-6-14(24-9-11)26-15(28)10-1-4-12(5-2-10)27-13(7-8-25-27)17(21,22)23/h1-9H,(H,24,26,28). The molecule has 0 saturated heterocycles. The van der Waals surface area contributed by atoms with Gasteiger partial charge in [-0.2, -0.15) is 31.4 Å². The molecular weight excluding hydrogens is 390 g/mol. The molecule has 0 unspecified atom stereocenters. The van der Waals surface area contributed by atoms with Crippen molar-refractivity contribution in [2.75, 3.05) is 5.32 Å². The third-order valence-corrected chi connectivity index (χ3v) is 3.64. The number of pyridine rings is 1. The Kier molecular flexibility index (Phi) is 4.84. The van der Waals surface area contributed by atoms with E-state index in [4.69, 9.17) is 0 Å². The van der Waals surface area contributed by atoms with Gasteiger partial charge in [0.15, 0.2) is 0 Å². The maximum Gasteiger partial charge on any atom is 0.433 e. The summed E-state index contributed by atoms with van der Waals surface area (Å²) in [6.07, 6.45) is -7.57. The summed E-state index contributed by atoms with van der Waals surface area (Å²) < 4.78 is 76.9. The second kappa shape index (κ2) is 6.98. The van der Waals surface area contributed by atoms with Crippen LogP contribution in [0.5, 0.6) is 0 Å². The third kappa shape index (κ3) is 4.13. The molecule has 0 spiro atoms. The average Bonchev–Trinajstić information content (AvgIpc) is 3.12. The van der Waals surface area contributed by atoms with Gasteiger partial charge in [-0.25, -0.2) is 9.67 Å². The lowest BCUT2D eigenvalue weighted by molar-refractivity contribution is -0.142. The van der Waals surface area contributed by atoms with Crippen LogP contribution in [-0.2, 0) is 12.4 Å². The summed E-state index contributed by atoms with van der Waals surface area (Å²) in [4.78, 5) is 15.7. The smallest absolute Gasteiger partial charge is 0.307 e. The van der Waals surface area contributed by atoms with Crippen LogP contribution in [0.15, 0.2) is 54.9 Å². The maximum absolute atomic E-state index is 12.9. The minimum absolute atomic E-state index is 0.0752. The van der Waals surface area contributed by atoms with E-state index in [1.165, 1.54) is 24.3 Å². The van der Waals surface area contributed by atoms with Crippen LogP contribution >= 0.6 is 0 Å². The van der Waals surface area contributed by atoms with E-state index in [0.717, 1.165) is 24.4 Å². The zero-order valence-corrected chi connectivity index (χ0v) is 13.7. The van der Waals surface area contributed by atoms with E-state index >= 15 is 0 Å². The fourth-order valence-corrected chi connectivity index (χ4v) is 2.30. The molecule has 1 N–H and O–H groups in total. The van der Waals surface area contributed by atoms with Crippen molar-refractivity contribution in [3.8, 4) is 5.69 Å². The van der Waals surface area contributed by atoms with Crippen molar-refractivity contribution in [1.29, 1.82) is 0 Å². The van der Waals surface area contributed by atoms with Gasteiger partial charge in [0.25, 0.3) is 5.91 Å². The SMILES string of the molecule is O=C(Nc1ccc(C(F)(F)F)cn1)c1ccc(-n2nccc2C(F)(F)F)cc1. The van der Waals surface area contributed by atoms with Crippen molar-refractivity contribution in [2.45, 2.75) is 12.4 Å². The molecule has 3 aromatic rings. The highest BCUT2D eigenvalue weighted by atomic mass is 19.4. The number of halogens is 6. The van der Waals surface area contributed by atoms with E-state index < -0.39 is 29.5 Å². The lowest BCUT2D eigenvalue weighted by atomic mass is 10.2. The first-order valence-electron chi connectivity index (χ1n) is 7.62. The number of carbonyl (C=O) groups excluding carboxylic acids is 1. The Morgan fingerprint density at radius 3 is 2.11 bits per heavy atom. The summed E-state index contributed by atoms with van der Waals surface area (Å²) >= 11 is 0. The molecule has 0 radical (unpaired) electrons. The lowest BCUT2D eigenvalue weighted by Gasteiger charge is -2.11. The van der Waals surface area contributed by atoms with Gasteiger partial charge in [-0.05, 0) is 42.5 Å². The van der Waals surface area contributed by atoms with Crippen molar-refractivity contribution in [3.05, 3.63) is 71.7 Å². The number of benzene rings is 1. The number of rotatable bonds is 3. The number of nitrogens with one attached hydrogen (secondary N) is 1. The number of carbonyl (C=O) groups is 1. The predicted octanol–water partition coefficient (Wildman–Crippen LogP) is 4.56. The molecule has 1 aromatic carbocycles. The van der Waals surface area contributed by atoms with E-state index in [-0.39, 0.29) is 17.1 Å². The Balaban J connectivity index is 1.75. The molecule has 0 aliphatic heterocycles. The second-order valence-corrected chi connectivity index (χ2v) is 5.56. The number of alkyl halides is 6. The molecule has 2 aromatic heterocycles. The Hall–Kier alpha value is -3.37. The fourth-order valence-electron chi connectivity index (χ4n) is 2.30. The highest BCUT2D eigenvalue weighted by Crippen LogP contribution is 2.31. The quantitative estimate of drug-likeness (QED) is 0.656. The van der Waals surface area contributed by atoms with Crippen LogP contribution in [0.2, 0.25) is 0 Å². The van der Waals surface area contributed by atoms with E-state index in [0.29, 0.717) is 10.9 Å². The largest absolute Gasteiger partial charge is 0.433 e. The summed E-state index contributed by atoms with van der Waals surface area (Å²) in [6, 6.07) is 7.62. The highest BCUT2D eigenvalue weighted by molar-refractivity contribution is 6.03. The van der Waals surface area contributed by atoms with Crippen molar-refractivity contribution < 1.29 is 31.1 Å². The first-order valence-corrected chi connectivity index (χ1v) is 7.62. The van der Waals surface area contributed by atoms with E-state index in [2.05, 4.69) is 15.4 Å². The third-order valence-electron chi connectivity index (χ3n) is 3.64. The average molecular weight is 400 g/mol. The molecular formula is C17H10F6N4O. The Bertz CT molecular complexity index is 975. The normalized spacial score (nSPS) is 12.1. The molecule has 0 bridgehead atoms. The number of anilines is 1. The van der Waals surface area contributed by atoms with Gasteiger partial charge in [-0.1, -0.05) is 0 Å². The molecule has 2 heterocycles. The molecule has 0 saturated carbocycles. The summed E-state index contributed by atoms with van der Waals surface area (Å²) in [5.74, 6) is -0.788. The van der Waals surface area contributed by atoms with Crippen molar-refractivity contribution in [1.82, 2.24) is 14.8 Å². The molecule has 0 atom stereocenters. The van der Waals surface area contributed by atoms with Gasteiger partial charge in [-0.15, -0.1) is 0 Å². The van der Waals surface area contributed by atoms with Gasteiger partial charge in [0.05, 0.1) is 17.4 Å². The molecule has 0 fully saturated rings. The molecule has 0 aliphatic carbocycles. The van der Waals surface area contributed by atoms with Crippen LogP contribution in [0, 0.1) is 0 Å². The second-order valence-electron chi connectivity index (χ2n) is 5.56. The molecule has 3 rings (SSSR count). The van der Waals surface area contributed by atoms with Gasteiger partial charge in [-0.3, -0.25) is 4.79 Å². The van der Waals surface area contributed by atoms with Gasteiger partial charge < -0.3 is 5.32 Å². The van der Waals surface area contributed by atoms with Crippen molar-refractivity contribution >= 4 is 11.7 Å². The zero-order valence-electron chi connectivity index (χ0n) is 13.7. The number of aromatic nitrogens is 3. The summed E-state index contributed by atoms with van der Waals surface area (Å²) in [5.41, 5.74) is -1.78. The summed E-state index contributed by atoms with van der Waals surface area (Å²) in [6.45, 7) is 0. The monoisotopic (exact) mass is 400 g/mol. The Labute approximate surface area is 153 Å². The fraction of sp³-hybridized carbons (Fsp3) is 0.118. The van der Waals surface area contributed by atoms with E-state index in [1.54, 1.807) is 0 Å². The minimum Gasteiger partial charge on any atom is -0.307 e. The molecule has 0 aliphatic rings. The highest BCUT2D eigenvalue weighted by Gasteiger charge is 2.35. The first kappa shape index (κ1) is 19.4. The molecule has 5 nitrogen and oxygen atoms in total. The molecule has 28 heavy (non-hydrogen) atoms. The number of hydrogen-bond donors (Lipinski definition) is 1. The van der Waals surface area contributed by atoms with Gasteiger partial charge >= 0.3 is 12.4 Å². The number of nitrogens with zero attached hydrogens (tertiary/aromatic N) is 3. The maximum atomic E-state index is 12.9. The van der Waals surface area contributed by atoms with E-state index in [9.17, 15) is 31.1 Å². The van der Waals surface area contributed by atoms with Crippen LogP contribution in [-0.4, -0.2) is 20.7 Å². The predicted molar refractivity (Wildman–Crippen MR) is 85.8 cm³/mol. The summed E-state index contributed by atoms with van der Waals surface area (Å²) in [7, 11) is 0. The topological polar surface area (TPSA) is 59.8 Å². The molecule has 1 amide bonds. The van der Waals surface area contributed by atoms with Crippen molar-refractivity contribution in [2.24, 2.45) is 0 Å². The van der Waals surface area contributed by atoms with Crippen LogP contribution in [0.3, 0.4) is 0 Å². The van der Waals surface area contributed by atoms with Crippen LogP contribution in [0.25, 0.3) is 5.69 Å². The molecule has 146 valence electrons. The van der Waals surface area contributed by atoms with Gasteiger partial charge in [0.1, 0.15) is 11.5 Å².